The normalized spacial score (nSPS) is 17.4. The second-order valence-corrected chi connectivity index (χ2v) is 7.56. The standard InChI is InChI=1S/C21H30N4O2/c1-16-14-17(7-8-19(16)27-4)21(26)25-10-5-6-18(15-25)20-22-9-11-24(20)13-12-23(2)3/h7-9,11,14,18H,5-6,10,12-13,15H2,1-4H3/t18-/m1/s1. The number of amides is 1. The van der Waals surface area contributed by atoms with Crippen molar-refractivity contribution in [2.45, 2.75) is 32.2 Å². The first-order valence-electron chi connectivity index (χ1n) is 9.59. The van der Waals surface area contributed by atoms with E-state index in [4.69, 9.17) is 4.74 Å². The number of nitrogens with zero attached hydrogens (tertiary/aromatic N) is 4. The molecular formula is C21H30N4O2. The highest BCUT2D eigenvalue weighted by Gasteiger charge is 2.28. The Hall–Kier alpha value is -2.34. The number of imidazole rings is 1. The lowest BCUT2D eigenvalue weighted by molar-refractivity contribution is 0.0703. The molecule has 0 radical (unpaired) electrons. The summed E-state index contributed by atoms with van der Waals surface area (Å²) in [7, 11) is 5.81. The number of ether oxygens (including phenoxy) is 1. The molecule has 0 N–H and O–H groups in total. The van der Waals surface area contributed by atoms with Crippen LogP contribution in [0.25, 0.3) is 0 Å². The number of carbonyl (C=O) groups is 1. The minimum absolute atomic E-state index is 0.0943. The molecule has 3 rings (SSSR count). The van der Waals surface area contributed by atoms with Gasteiger partial charge in [0.25, 0.3) is 5.91 Å². The fourth-order valence-corrected chi connectivity index (χ4v) is 3.74. The van der Waals surface area contributed by atoms with Crippen LogP contribution in [0.2, 0.25) is 0 Å². The van der Waals surface area contributed by atoms with Crippen LogP contribution in [0.4, 0.5) is 0 Å². The number of aromatic nitrogens is 2. The Balaban J connectivity index is 1.72. The van der Waals surface area contributed by atoms with Gasteiger partial charge in [0.2, 0.25) is 0 Å². The molecule has 2 aromatic rings. The van der Waals surface area contributed by atoms with Crippen molar-refractivity contribution in [3.05, 3.63) is 47.5 Å². The monoisotopic (exact) mass is 370 g/mol. The number of rotatable bonds is 6. The van der Waals surface area contributed by atoms with Crippen molar-refractivity contribution in [1.82, 2.24) is 19.4 Å². The molecule has 0 unspecified atom stereocenters. The molecule has 1 amide bonds. The Labute approximate surface area is 161 Å². The van der Waals surface area contributed by atoms with Gasteiger partial charge >= 0.3 is 0 Å². The summed E-state index contributed by atoms with van der Waals surface area (Å²) in [5.41, 5.74) is 1.71. The quantitative estimate of drug-likeness (QED) is 0.785. The number of methoxy groups -OCH3 is 1. The lowest BCUT2D eigenvalue weighted by atomic mass is 9.96. The van der Waals surface area contributed by atoms with E-state index in [-0.39, 0.29) is 5.91 Å². The first kappa shape index (κ1) is 19.4. The van der Waals surface area contributed by atoms with Gasteiger partial charge < -0.3 is 19.1 Å². The van der Waals surface area contributed by atoms with E-state index < -0.39 is 0 Å². The van der Waals surface area contributed by atoms with E-state index in [9.17, 15) is 4.79 Å². The molecular weight excluding hydrogens is 340 g/mol. The lowest BCUT2D eigenvalue weighted by Crippen LogP contribution is -2.40. The zero-order chi connectivity index (χ0) is 19.4. The minimum Gasteiger partial charge on any atom is -0.496 e. The molecule has 0 saturated carbocycles. The smallest absolute Gasteiger partial charge is 0.253 e. The molecule has 1 atom stereocenters. The van der Waals surface area contributed by atoms with Gasteiger partial charge in [-0.3, -0.25) is 4.79 Å². The van der Waals surface area contributed by atoms with Crippen LogP contribution in [0.1, 0.15) is 40.5 Å². The van der Waals surface area contributed by atoms with E-state index in [2.05, 4.69) is 28.5 Å². The molecule has 6 nitrogen and oxygen atoms in total. The number of hydrogen-bond acceptors (Lipinski definition) is 4. The van der Waals surface area contributed by atoms with Gasteiger partial charge in [-0.25, -0.2) is 4.98 Å². The predicted octanol–water partition coefficient (Wildman–Crippen LogP) is 2.78. The third-order valence-corrected chi connectivity index (χ3v) is 5.25. The average molecular weight is 370 g/mol. The molecule has 6 heteroatoms. The number of hydrogen-bond donors (Lipinski definition) is 0. The van der Waals surface area contributed by atoms with Gasteiger partial charge in [0, 0.05) is 50.1 Å². The Kier molecular flexibility index (Phi) is 6.16. The van der Waals surface area contributed by atoms with E-state index in [1.165, 1.54) is 0 Å². The van der Waals surface area contributed by atoms with Gasteiger partial charge in [-0.05, 0) is 57.6 Å². The summed E-state index contributed by atoms with van der Waals surface area (Å²) in [5.74, 6) is 2.29. The zero-order valence-electron chi connectivity index (χ0n) is 16.8. The van der Waals surface area contributed by atoms with Gasteiger partial charge in [0.05, 0.1) is 7.11 Å². The summed E-state index contributed by atoms with van der Waals surface area (Å²) in [6, 6.07) is 5.65. The van der Waals surface area contributed by atoms with Crippen molar-refractivity contribution >= 4 is 5.91 Å². The van der Waals surface area contributed by atoms with E-state index in [1.54, 1.807) is 7.11 Å². The van der Waals surface area contributed by atoms with Crippen molar-refractivity contribution in [2.75, 3.05) is 40.8 Å². The highest BCUT2D eigenvalue weighted by Crippen LogP contribution is 2.27. The molecule has 2 heterocycles. The summed E-state index contributed by atoms with van der Waals surface area (Å²) in [4.78, 5) is 21.8. The summed E-state index contributed by atoms with van der Waals surface area (Å²) < 4.78 is 7.54. The van der Waals surface area contributed by atoms with Crippen LogP contribution in [0.3, 0.4) is 0 Å². The Morgan fingerprint density at radius 1 is 1.37 bits per heavy atom. The largest absolute Gasteiger partial charge is 0.496 e. The highest BCUT2D eigenvalue weighted by molar-refractivity contribution is 5.94. The van der Waals surface area contributed by atoms with Crippen LogP contribution in [0.5, 0.6) is 5.75 Å². The van der Waals surface area contributed by atoms with Crippen LogP contribution < -0.4 is 4.74 Å². The summed E-state index contributed by atoms with van der Waals surface area (Å²) in [6.45, 7) is 5.40. The zero-order valence-corrected chi connectivity index (χ0v) is 16.8. The molecule has 1 fully saturated rings. The minimum atomic E-state index is 0.0943. The van der Waals surface area contributed by atoms with E-state index >= 15 is 0 Å². The second kappa shape index (κ2) is 8.57. The summed E-state index contributed by atoms with van der Waals surface area (Å²) in [6.07, 6.45) is 6.00. The van der Waals surface area contributed by atoms with Crippen molar-refractivity contribution in [2.24, 2.45) is 0 Å². The average Bonchev–Trinajstić information content (AvgIpc) is 3.14. The maximum absolute atomic E-state index is 13.0. The molecule has 27 heavy (non-hydrogen) atoms. The van der Waals surface area contributed by atoms with Crippen LogP contribution in [-0.2, 0) is 6.54 Å². The predicted molar refractivity (Wildman–Crippen MR) is 106 cm³/mol. The number of piperidine rings is 1. The van der Waals surface area contributed by atoms with Crippen molar-refractivity contribution < 1.29 is 9.53 Å². The number of carbonyl (C=O) groups excluding carboxylic acids is 1. The van der Waals surface area contributed by atoms with Crippen molar-refractivity contribution in [3.8, 4) is 5.75 Å². The topological polar surface area (TPSA) is 50.6 Å². The highest BCUT2D eigenvalue weighted by atomic mass is 16.5. The van der Waals surface area contributed by atoms with Crippen LogP contribution in [0, 0.1) is 6.92 Å². The molecule has 0 aliphatic carbocycles. The molecule has 1 saturated heterocycles. The van der Waals surface area contributed by atoms with Gasteiger partial charge in [0.15, 0.2) is 0 Å². The number of aryl methyl sites for hydroxylation is 1. The maximum Gasteiger partial charge on any atom is 0.253 e. The Bertz CT molecular complexity index is 784. The molecule has 146 valence electrons. The first-order chi connectivity index (χ1) is 13.0. The second-order valence-electron chi connectivity index (χ2n) is 7.56. The lowest BCUT2D eigenvalue weighted by Gasteiger charge is -2.33. The van der Waals surface area contributed by atoms with Gasteiger partial charge in [-0.15, -0.1) is 0 Å². The van der Waals surface area contributed by atoms with Crippen LogP contribution in [-0.4, -0.2) is 66.1 Å². The third kappa shape index (κ3) is 4.50. The third-order valence-electron chi connectivity index (χ3n) is 5.25. The van der Waals surface area contributed by atoms with Crippen LogP contribution >= 0.6 is 0 Å². The van der Waals surface area contributed by atoms with Crippen LogP contribution in [0.15, 0.2) is 30.6 Å². The fourth-order valence-electron chi connectivity index (χ4n) is 3.74. The SMILES string of the molecule is COc1ccc(C(=O)N2CCC[C@@H](c3nccn3CCN(C)C)C2)cc1C. The van der Waals surface area contributed by atoms with Gasteiger partial charge in [0.1, 0.15) is 11.6 Å². The van der Waals surface area contributed by atoms with E-state index in [0.717, 1.165) is 61.7 Å². The Morgan fingerprint density at radius 3 is 2.89 bits per heavy atom. The molecule has 1 aromatic heterocycles. The van der Waals surface area contributed by atoms with Crippen molar-refractivity contribution in [1.29, 1.82) is 0 Å². The fraction of sp³-hybridized carbons (Fsp3) is 0.524. The number of likely N-dealkylation sites (tertiary alicyclic amines) is 1. The van der Waals surface area contributed by atoms with E-state index in [1.807, 2.05) is 42.4 Å². The Morgan fingerprint density at radius 2 is 2.19 bits per heavy atom. The van der Waals surface area contributed by atoms with Crippen molar-refractivity contribution in [3.63, 3.8) is 0 Å². The molecule has 1 aromatic carbocycles. The van der Waals surface area contributed by atoms with Gasteiger partial charge in [-0.1, -0.05) is 0 Å². The summed E-state index contributed by atoms with van der Waals surface area (Å²) >= 11 is 0. The molecule has 0 bridgehead atoms. The maximum atomic E-state index is 13.0. The number of benzene rings is 1. The van der Waals surface area contributed by atoms with E-state index in [0.29, 0.717) is 5.92 Å². The molecule has 1 aliphatic heterocycles. The van der Waals surface area contributed by atoms with Gasteiger partial charge in [-0.2, -0.15) is 0 Å². The summed E-state index contributed by atoms with van der Waals surface area (Å²) in [5, 5.41) is 0. The number of likely N-dealkylation sites (N-methyl/N-ethyl adjacent to an activating group) is 1. The first-order valence-corrected chi connectivity index (χ1v) is 9.59. The molecule has 0 spiro atoms. The molecule has 1 aliphatic rings.